The molecule has 0 aliphatic heterocycles. The van der Waals surface area contributed by atoms with Crippen LogP contribution in [0.15, 0.2) is 23.6 Å². The Labute approximate surface area is 150 Å². The fraction of sp³-hybridized carbons (Fsp3) is 0.0714. The number of halogens is 2. The number of anilines is 2. The number of carbonyl (C=O) groups is 3. The highest BCUT2D eigenvalue weighted by molar-refractivity contribution is 7.14. The van der Waals surface area contributed by atoms with E-state index in [1.807, 2.05) is 0 Å². The zero-order chi connectivity index (χ0) is 17.9. The van der Waals surface area contributed by atoms with Crippen molar-refractivity contribution in [2.24, 2.45) is 5.73 Å². The van der Waals surface area contributed by atoms with Crippen LogP contribution in [0.25, 0.3) is 0 Å². The first-order chi connectivity index (χ1) is 11.3. The first-order valence-corrected chi connectivity index (χ1v) is 8.02. The molecule has 0 spiro atoms. The third-order valence-electron chi connectivity index (χ3n) is 2.83. The fourth-order valence-electron chi connectivity index (χ4n) is 1.73. The molecule has 2 amide bonds. The molecular formula is C14H11Cl2N3O4S. The number of benzene rings is 1. The average molecular weight is 388 g/mol. The summed E-state index contributed by atoms with van der Waals surface area (Å²) < 4.78 is 4.87. The normalized spacial score (nSPS) is 10.2. The summed E-state index contributed by atoms with van der Waals surface area (Å²) >= 11 is 12.7. The maximum absolute atomic E-state index is 12.0. The Kier molecular flexibility index (Phi) is 5.66. The van der Waals surface area contributed by atoms with Crippen molar-refractivity contribution in [3.63, 3.8) is 0 Å². The van der Waals surface area contributed by atoms with Crippen LogP contribution in [0.3, 0.4) is 0 Å². The van der Waals surface area contributed by atoms with Crippen LogP contribution in [-0.2, 0) is 9.53 Å². The second-order valence-electron chi connectivity index (χ2n) is 4.50. The molecule has 7 nitrogen and oxygen atoms in total. The van der Waals surface area contributed by atoms with Crippen LogP contribution in [0.4, 0.5) is 10.7 Å². The lowest BCUT2D eigenvalue weighted by molar-refractivity contribution is -0.119. The molecule has 0 saturated carbocycles. The van der Waals surface area contributed by atoms with Gasteiger partial charge in [-0.2, -0.15) is 0 Å². The predicted molar refractivity (Wildman–Crippen MR) is 92.6 cm³/mol. The van der Waals surface area contributed by atoms with E-state index in [9.17, 15) is 14.4 Å². The third-order valence-corrected chi connectivity index (χ3v) is 4.19. The second-order valence-corrected chi connectivity index (χ2v) is 6.26. The van der Waals surface area contributed by atoms with E-state index in [1.54, 1.807) is 5.38 Å². The van der Waals surface area contributed by atoms with Crippen molar-refractivity contribution in [3.8, 4) is 0 Å². The molecule has 0 aliphatic carbocycles. The van der Waals surface area contributed by atoms with Crippen LogP contribution < -0.4 is 16.8 Å². The van der Waals surface area contributed by atoms with E-state index in [4.69, 9.17) is 39.4 Å². The van der Waals surface area contributed by atoms with Gasteiger partial charge in [-0.3, -0.25) is 9.59 Å². The summed E-state index contributed by atoms with van der Waals surface area (Å²) in [4.78, 5) is 35.0. The maximum Gasteiger partial charge on any atom is 0.340 e. The second kappa shape index (κ2) is 7.52. The number of primary amides is 1. The smallest absolute Gasteiger partial charge is 0.340 e. The molecule has 0 unspecified atom stereocenters. The molecule has 1 heterocycles. The summed E-state index contributed by atoms with van der Waals surface area (Å²) in [5, 5.41) is 4.60. The van der Waals surface area contributed by atoms with Gasteiger partial charge in [-0.15, -0.1) is 11.3 Å². The van der Waals surface area contributed by atoms with Gasteiger partial charge in [0.05, 0.1) is 21.8 Å². The van der Waals surface area contributed by atoms with Gasteiger partial charge in [0.1, 0.15) is 5.00 Å². The van der Waals surface area contributed by atoms with Gasteiger partial charge in [-0.1, -0.05) is 23.2 Å². The van der Waals surface area contributed by atoms with Crippen molar-refractivity contribution in [1.82, 2.24) is 0 Å². The number of nitrogens with two attached hydrogens (primary N) is 2. The number of rotatable bonds is 5. The summed E-state index contributed by atoms with van der Waals surface area (Å²) in [7, 11) is 0. The minimum Gasteiger partial charge on any atom is -0.452 e. The minimum atomic E-state index is -0.853. The van der Waals surface area contributed by atoms with Crippen LogP contribution in [0.5, 0.6) is 0 Å². The van der Waals surface area contributed by atoms with Crippen molar-refractivity contribution in [1.29, 1.82) is 0 Å². The van der Waals surface area contributed by atoms with Gasteiger partial charge < -0.3 is 21.5 Å². The summed E-state index contributed by atoms with van der Waals surface area (Å²) in [6, 6.07) is 4.14. The molecule has 2 rings (SSSR count). The topological polar surface area (TPSA) is 125 Å². The molecule has 0 radical (unpaired) electrons. The van der Waals surface area contributed by atoms with Gasteiger partial charge in [-0.05, 0) is 23.6 Å². The molecule has 24 heavy (non-hydrogen) atoms. The van der Waals surface area contributed by atoms with Gasteiger partial charge in [0.15, 0.2) is 6.61 Å². The molecule has 126 valence electrons. The van der Waals surface area contributed by atoms with Gasteiger partial charge in [0, 0.05) is 5.02 Å². The maximum atomic E-state index is 12.0. The van der Waals surface area contributed by atoms with Crippen molar-refractivity contribution in [2.75, 3.05) is 17.7 Å². The molecule has 10 heteroatoms. The summed E-state index contributed by atoms with van der Waals surface area (Å²) in [5.41, 5.74) is 11.0. The summed E-state index contributed by atoms with van der Waals surface area (Å²) in [6.45, 7) is -0.585. The minimum absolute atomic E-state index is 0.000691. The van der Waals surface area contributed by atoms with E-state index < -0.39 is 24.4 Å². The lowest BCUT2D eigenvalue weighted by atomic mass is 10.2. The average Bonchev–Trinajstić information content (AvgIpc) is 2.96. The number of carbonyl (C=O) groups excluding carboxylic acids is 3. The highest BCUT2D eigenvalue weighted by Crippen LogP contribution is 2.28. The van der Waals surface area contributed by atoms with Crippen molar-refractivity contribution in [3.05, 3.63) is 44.8 Å². The summed E-state index contributed by atoms with van der Waals surface area (Å²) in [6.07, 6.45) is 0. The van der Waals surface area contributed by atoms with Crippen LogP contribution in [0, 0.1) is 0 Å². The fourth-order valence-corrected chi connectivity index (χ4v) is 3.03. The largest absolute Gasteiger partial charge is 0.452 e. The first-order valence-electron chi connectivity index (χ1n) is 6.38. The Balaban J connectivity index is 2.00. The zero-order valence-corrected chi connectivity index (χ0v) is 14.3. The SMILES string of the molecule is NC(=O)c1ccsc1NC(=O)COC(=O)c1cc(Cl)cc(Cl)c1N. The van der Waals surface area contributed by atoms with Gasteiger partial charge >= 0.3 is 5.97 Å². The van der Waals surface area contributed by atoms with E-state index >= 15 is 0 Å². The Morgan fingerprint density at radius 2 is 1.92 bits per heavy atom. The number of nitrogen functional groups attached to an aromatic ring is 1. The van der Waals surface area contributed by atoms with Crippen molar-refractivity contribution < 1.29 is 19.1 Å². The molecule has 2 aromatic rings. The molecule has 1 aromatic heterocycles. The first kappa shape index (κ1) is 18.1. The molecule has 1 aromatic carbocycles. The highest BCUT2D eigenvalue weighted by Gasteiger charge is 2.18. The quantitative estimate of drug-likeness (QED) is 0.536. The van der Waals surface area contributed by atoms with Crippen LogP contribution in [0.1, 0.15) is 20.7 Å². The van der Waals surface area contributed by atoms with E-state index in [1.165, 1.54) is 18.2 Å². The Hall–Kier alpha value is -2.29. The molecule has 0 atom stereocenters. The number of hydrogen-bond donors (Lipinski definition) is 3. The zero-order valence-electron chi connectivity index (χ0n) is 12.0. The number of ether oxygens (including phenoxy) is 1. The van der Waals surface area contributed by atoms with Crippen LogP contribution >= 0.6 is 34.5 Å². The molecule has 0 bridgehead atoms. The van der Waals surface area contributed by atoms with Crippen LogP contribution in [-0.4, -0.2) is 24.4 Å². The van der Waals surface area contributed by atoms with Gasteiger partial charge in [0.25, 0.3) is 11.8 Å². The highest BCUT2D eigenvalue weighted by atomic mass is 35.5. The monoisotopic (exact) mass is 387 g/mol. The molecular weight excluding hydrogens is 377 g/mol. The van der Waals surface area contributed by atoms with E-state index in [0.29, 0.717) is 0 Å². The third kappa shape index (κ3) is 4.16. The predicted octanol–water partition coefficient (Wildman–Crippen LogP) is 2.53. The van der Waals surface area contributed by atoms with Gasteiger partial charge in [-0.25, -0.2) is 4.79 Å². The summed E-state index contributed by atoms with van der Waals surface area (Å²) in [5.74, 6) is -2.17. The molecule has 0 fully saturated rings. The Morgan fingerprint density at radius 1 is 1.21 bits per heavy atom. The standard InChI is InChI=1S/C14H11Cl2N3O4S/c15-6-3-8(11(17)9(16)4-6)14(22)23-5-10(20)19-13-7(12(18)21)1-2-24-13/h1-4H,5,17H2,(H2,18,21)(H,19,20). The Morgan fingerprint density at radius 3 is 2.58 bits per heavy atom. The number of thiophene rings is 1. The molecule has 0 saturated heterocycles. The number of esters is 1. The molecule has 5 N–H and O–H groups in total. The van der Waals surface area contributed by atoms with E-state index in [-0.39, 0.29) is 31.9 Å². The number of amides is 2. The van der Waals surface area contributed by atoms with E-state index in [0.717, 1.165) is 11.3 Å². The lowest BCUT2D eigenvalue weighted by Crippen LogP contribution is -2.22. The van der Waals surface area contributed by atoms with Crippen LogP contribution in [0.2, 0.25) is 10.0 Å². The lowest BCUT2D eigenvalue weighted by Gasteiger charge is -2.09. The number of hydrogen-bond acceptors (Lipinski definition) is 6. The van der Waals surface area contributed by atoms with Crippen molar-refractivity contribution in [2.45, 2.75) is 0 Å². The van der Waals surface area contributed by atoms with Crippen molar-refractivity contribution >= 4 is 63.0 Å². The van der Waals surface area contributed by atoms with Gasteiger partial charge in [0.2, 0.25) is 0 Å². The number of nitrogens with one attached hydrogen (secondary N) is 1. The molecule has 0 aliphatic rings. The Bertz CT molecular complexity index is 822. The van der Waals surface area contributed by atoms with E-state index in [2.05, 4.69) is 5.32 Å².